The van der Waals surface area contributed by atoms with E-state index < -0.39 is 30.0 Å². The van der Waals surface area contributed by atoms with E-state index in [1.165, 1.54) is 13.3 Å². The van der Waals surface area contributed by atoms with E-state index in [4.69, 9.17) is 31.1 Å². The van der Waals surface area contributed by atoms with Crippen LogP contribution in [-0.2, 0) is 43.5 Å². The van der Waals surface area contributed by atoms with Crippen LogP contribution < -0.4 is 5.73 Å². The molecule has 3 aromatic rings. The predicted octanol–water partition coefficient (Wildman–Crippen LogP) is 3.00. The van der Waals surface area contributed by atoms with E-state index >= 15 is 0 Å². The highest BCUT2D eigenvalue weighted by molar-refractivity contribution is 5.72. The maximum Gasteiger partial charge on any atom is 0.303 e. The number of terminal acetylenes is 1. The Balaban J connectivity index is 1.45. The molecule has 1 aromatic heterocycles. The average Bonchev–Trinajstić information content (AvgIpc) is 3.25. The van der Waals surface area contributed by atoms with Gasteiger partial charge in [0.15, 0.2) is 23.8 Å². The highest BCUT2D eigenvalue weighted by atomic mass is 16.6. The van der Waals surface area contributed by atoms with E-state index in [1.54, 1.807) is 11.2 Å². The molecule has 2 aromatic carbocycles. The van der Waals surface area contributed by atoms with Crippen molar-refractivity contribution < 1.29 is 23.7 Å². The molecule has 0 radical (unpaired) electrons. The Bertz CT molecular complexity index is 1360. The van der Waals surface area contributed by atoms with Crippen LogP contribution in [0.2, 0.25) is 0 Å². The van der Waals surface area contributed by atoms with Gasteiger partial charge in [-0.3, -0.25) is 4.79 Å². The van der Waals surface area contributed by atoms with E-state index in [1.807, 2.05) is 60.7 Å². The molecule has 0 spiro atoms. The summed E-state index contributed by atoms with van der Waals surface area (Å²) in [5.41, 5.74) is 7.61. The number of anilines is 1. The fraction of sp³-hybridized carbons (Fsp3) is 0.310. The van der Waals surface area contributed by atoms with Crippen molar-refractivity contribution in [1.82, 2.24) is 14.9 Å². The molecule has 3 heterocycles. The third-order valence-corrected chi connectivity index (χ3v) is 6.54. The van der Waals surface area contributed by atoms with E-state index in [0.29, 0.717) is 18.0 Å². The monoisotopic (exact) mass is 527 g/mol. The van der Waals surface area contributed by atoms with Gasteiger partial charge in [0.1, 0.15) is 18.1 Å². The number of nitrogens with zero attached hydrogens (tertiary/aromatic N) is 4. The second kappa shape index (κ2) is 11.6. The standard InChI is InChI=1S/C29H29N5O5/c1-3-29(17-36-15-21-10-6-4-7-11-21)26(37-16-22-12-8-5-9-13-22)25(38-20(2)35)28(39-29)34-14-23-24(33-19-34)27(30)32-18-31-23/h1,4-13,18-19,25-26,28H,14-17H2,2H3,(H2,30,31,32). The van der Waals surface area contributed by atoms with Gasteiger partial charge in [-0.2, -0.15) is 0 Å². The molecular weight excluding hydrogens is 498 g/mol. The number of fused-ring (bicyclic) bond motifs is 1. The van der Waals surface area contributed by atoms with Gasteiger partial charge in [-0.25, -0.2) is 15.0 Å². The summed E-state index contributed by atoms with van der Waals surface area (Å²) in [7, 11) is 0. The molecule has 10 heteroatoms. The zero-order valence-corrected chi connectivity index (χ0v) is 21.5. The van der Waals surface area contributed by atoms with E-state index in [0.717, 1.165) is 11.1 Å². The van der Waals surface area contributed by atoms with Gasteiger partial charge < -0.3 is 29.6 Å². The Morgan fingerprint density at radius 2 is 1.82 bits per heavy atom. The number of hydrogen-bond acceptors (Lipinski definition) is 10. The SMILES string of the molecule is C#CC1(COCc2ccccc2)OC(N2C=Nc3c(N)ncnc3C2)C(OC(C)=O)C1OCc1ccccc1. The molecule has 2 aliphatic heterocycles. The molecule has 1 saturated heterocycles. The quantitative estimate of drug-likeness (QED) is 0.331. The summed E-state index contributed by atoms with van der Waals surface area (Å²) >= 11 is 0. The van der Waals surface area contributed by atoms with Crippen molar-refractivity contribution in [2.45, 2.75) is 50.7 Å². The third-order valence-electron chi connectivity index (χ3n) is 6.54. The maximum absolute atomic E-state index is 12.3. The summed E-state index contributed by atoms with van der Waals surface area (Å²) in [6, 6.07) is 19.4. The number of rotatable bonds is 9. The molecule has 5 rings (SSSR count). The Morgan fingerprint density at radius 1 is 1.13 bits per heavy atom. The molecule has 4 unspecified atom stereocenters. The normalized spacial score (nSPS) is 23.7. The number of carbonyl (C=O) groups is 1. The molecule has 0 amide bonds. The van der Waals surface area contributed by atoms with Crippen molar-refractivity contribution in [1.29, 1.82) is 0 Å². The van der Waals surface area contributed by atoms with Crippen molar-refractivity contribution >= 4 is 23.8 Å². The lowest BCUT2D eigenvalue weighted by molar-refractivity contribution is -0.159. The van der Waals surface area contributed by atoms with Crippen molar-refractivity contribution in [2.75, 3.05) is 12.3 Å². The van der Waals surface area contributed by atoms with Crippen LogP contribution in [-0.4, -0.2) is 57.8 Å². The van der Waals surface area contributed by atoms with Crippen LogP contribution in [0.5, 0.6) is 0 Å². The Kier molecular flexibility index (Phi) is 7.84. The van der Waals surface area contributed by atoms with Gasteiger partial charge in [0.05, 0.1) is 38.4 Å². The Morgan fingerprint density at radius 3 is 2.49 bits per heavy atom. The van der Waals surface area contributed by atoms with Crippen molar-refractivity contribution in [2.24, 2.45) is 4.99 Å². The van der Waals surface area contributed by atoms with Gasteiger partial charge in [0.25, 0.3) is 0 Å². The summed E-state index contributed by atoms with van der Waals surface area (Å²) in [6.07, 6.45) is 6.49. The summed E-state index contributed by atoms with van der Waals surface area (Å²) in [5.74, 6) is 2.55. The summed E-state index contributed by atoms with van der Waals surface area (Å²) in [4.78, 5) is 26.8. The average molecular weight is 528 g/mol. The topological polar surface area (TPSA) is 121 Å². The van der Waals surface area contributed by atoms with Gasteiger partial charge in [-0.1, -0.05) is 66.6 Å². The molecule has 2 aliphatic rings. The minimum atomic E-state index is -1.37. The van der Waals surface area contributed by atoms with Crippen LogP contribution in [0.15, 0.2) is 72.0 Å². The molecule has 1 fully saturated rings. The number of nitrogens with two attached hydrogens (primary N) is 1. The number of hydrogen-bond donors (Lipinski definition) is 1. The molecule has 0 aliphatic carbocycles. The summed E-state index contributed by atoms with van der Waals surface area (Å²) in [6.45, 7) is 2.16. The van der Waals surface area contributed by atoms with Gasteiger partial charge >= 0.3 is 5.97 Å². The molecule has 4 atom stereocenters. The van der Waals surface area contributed by atoms with Gasteiger partial charge in [-0.05, 0) is 11.1 Å². The number of nitrogen functional groups attached to an aromatic ring is 1. The molecule has 39 heavy (non-hydrogen) atoms. The molecule has 0 bridgehead atoms. The van der Waals surface area contributed by atoms with Crippen LogP contribution in [0.4, 0.5) is 11.5 Å². The van der Waals surface area contributed by atoms with Crippen LogP contribution in [0.1, 0.15) is 23.7 Å². The first-order valence-electron chi connectivity index (χ1n) is 12.5. The first-order valence-corrected chi connectivity index (χ1v) is 12.5. The molecule has 2 N–H and O–H groups in total. The van der Waals surface area contributed by atoms with Crippen LogP contribution in [0.25, 0.3) is 0 Å². The lowest BCUT2D eigenvalue weighted by atomic mass is 9.96. The number of ether oxygens (including phenoxy) is 4. The largest absolute Gasteiger partial charge is 0.455 e. The van der Waals surface area contributed by atoms with Crippen molar-refractivity contribution in [3.8, 4) is 12.3 Å². The molecule has 0 saturated carbocycles. The van der Waals surface area contributed by atoms with Gasteiger partial charge in [-0.15, -0.1) is 6.42 Å². The van der Waals surface area contributed by atoms with Crippen LogP contribution in [0, 0.1) is 12.3 Å². The second-order valence-electron chi connectivity index (χ2n) is 9.28. The number of aromatic nitrogens is 2. The fourth-order valence-corrected chi connectivity index (χ4v) is 4.68. The number of esters is 1. The van der Waals surface area contributed by atoms with Crippen molar-refractivity contribution in [3.63, 3.8) is 0 Å². The van der Waals surface area contributed by atoms with E-state index in [2.05, 4.69) is 20.9 Å². The van der Waals surface area contributed by atoms with Crippen LogP contribution in [0.3, 0.4) is 0 Å². The molecular formula is C29H29N5O5. The zero-order valence-electron chi connectivity index (χ0n) is 21.5. The summed E-state index contributed by atoms with van der Waals surface area (Å²) < 4.78 is 24.8. The minimum Gasteiger partial charge on any atom is -0.455 e. The number of aliphatic imine (C=N–C) groups is 1. The van der Waals surface area contributed by atoms with Gasteiger partial charge in [0, 0.05) is 6.92 Å². The first kappa shape index (κ1) is 26.3. The first-order chi connectivity index (χ1) is 19.0. The minimum absolute atomic E-state index is 0.00278. The lowest BCUT2D eigenvalue weighted by Crippen LogP contribution is -2.49. The van der Waals surface area contributed by atoms with Gasteiger partial charge in [0.2, 0.25) is 0 Å². The fourth-order valence-electron chi connectivity index (χ4n) is 4.68. The van der Waals surface area contributed by atoms with E-state index in [9.17, 15) is 4.79 Å². The Labute approximate surface area is 226 Å². The lowest BCUT2D eigenvalue weighted by Gasteiger charge is -2.32. The second-order valence-corrected chi connectivity index (χ2v) is 9.28. The third kappa shape index (κ3) is 5.76. The highest BCUT2D eigenvalue weighted by Crippen LogP contribution is 2.39. The van der Waals surface area contributed by atoms with Crippen LogP contribution >= 0.6 is 0 Å². The highest BCUT2D eigenvalue weighted by Gasteiger charge is 2.59. The molecule has 10 nitrogen and oxygen atoms in total. The smallest absolute Gasteiger partial charge is 0.303 e. The van der Waals surface area contributed by atoms with Crippen molar-refractivity contribution in [3.05, 3.63) is 83.8 Å². The predicted molar refractivity (Wildman–Crippen MR) is 143 cm³/mol. The van der Waals surface area contributed by atoms with E-state index in [-0.39, 0.29) is 25.6 Å². The number of benzene rings is 2. The summed E-state index contributed by atoms with van der Waals surface area (Å²) in [5, 5.41) is 0. The Hall–Kier alpha value is -4.30. The zero-order chi connectivity index (χ0) is 27.2. The number of carbonyl (C=O) groups excluding carboxylic acids is 1. The molecule has 200 valence electrons. The maximum atomic E-state index is 12.3.